The normalized spacial score (nSPS) is 12.7. The Bertz CT molecular complexity index is 796. The molecule has 1 aromatic carbocycles. The van der Waals surface area contributed by atoms with Gasteiger partial charge in [-0.1, -0.05) is 6.92 Å². The van der Waals surface area contributed by atoms with Crippen LogP contribution in [0.1, 0.15) is 29.4 Å². The van der Waals surface area contributed by atoms with Crippen LogP contribution in [0.15, 0.2) is 30.5 Å². The van der Waals surface area contributed by atoms with Crippen molar-refractivity contribution in [3.63, 3.8) is 0 Å². The number of hydrogen-bond acceptors (Lipinski definition) is 4. The maximum atomic E-state index is 13.2. The zero-order valence-corrected chi connectivity index (χ0v) is 13.9. The topological polar surface area (TPSA) is 93.5 Å². The minimum absolute atomic E-state index is 0.00149. The van der Waals surface area contributed by atoms with E-state index < -0.39 is 29.5 Å². The molecule has 1 unspecified atom stereocenters. The molecule has 0 radical (unpaired) electrons. The summed E-state index contributed by atoms with van der Waals surface area (Å²) in [5.41, 5.74) is -1.97. The molecule has 0 saturated carbocycles. The van der Waals surface area contributed by atoms with Crippen LogP contribution < -0.4 is 5.32 Å². The Morgan fingerprint density at radius 3 is 2.38 bits per heavy atom. The highest BCUT2D eigenvalue weighted by atomic mass is 19.4. The standard InChI is InChI=1S/C16H16F3N3O4/c1-3-12(26-2)14(23)21-9-4-6-10(7-5-9)22-13(16(17,18)19)11(8-20-22)15(24)25/h4-8,12H,3H2,1-2H3,(H,21,23)(H,24,25). The molecule has 2 rings (SSSR count). The number of alkyl halides is 3. The number of halogens is 3. The van der Waals surface area contributed by atoms with Crippen LogP contribution in [0.5, 0.6) is 0 Å². The van der Waals surface area contributed by atoms with Crippen molar-refractivity contribution in [3.8, 4) is 5.69 Å². The fourth-order valence-corrected chi connectivity index (χ4v) is 2.34. The van der Waals surface area contributed by atoms with Crippen molar-refractivity contribution >= 4 is 17.6 Å². The third-order valence-corrected chi connectivity index (χ3v) is 3.60. The van der Waals surface area contributed by atoms with Crippen LogP contribution in [0, 0.1) is 0 Å². The summed E-state index contributed by atoms with van der Waals surface area (Å²) in [6, 6.07) is 5.35. The van der Waals surface area contributed by atoms with E-state index in [-0.39, 0.29) is 11.6 Å². The Labute approximate surface area is 146 Å². The van der Waals surface area contributed by atoms with Gasteiger partial charge in [-0.25, -0.2) is 9.48 Å². The van der Waals surface area contributed by atoms with Gasteiger partial charge in [-0.3, -0.25) is 4.79 Å². The molecule has 0 aliphatic rings. The van der Waals surface area contributed by atoms with Crippen molar-refractivity contribution in [2.24, 2.45) is 0 Å². The quantitative estimate of drug-likeness (QED) is 0.814. The molecule has 0 saturated heterocycles. The number of benzene rings is 1. The summed E-state index contributed by atoms with van der Waals surface area (Å²) in [5.74, 6) is -2.11. The molecule has 10 heteroatoms. The van der Waals surface area contributed by atoms with E-state index in [0.29, 0.717) is 23.0 Å². The van der Waals surface area contributed by atoms with Crippen molar-refractivity contribution in [3.05, 3.63) is 41.7 Å². The molecule has 1 atom stereocenters. The zero-order valence-electron chi connectivity index (χ0n) is 13.9. The minimum atomic E-state index is -4.90. The lowest BCUT2D eigenvalue weighted by Gasteiger charge is -2.14. The highest BCUT2D eigenvalue weighted by Crippen LogP contribution is 2.33. The number of nitrogens with zero attached hydrogens (tertiary/aromatic N) is 2. The monoisotopic (exact) mass is 371 g/mol. The van der Waals surface area contributed by atoms with E-state index in [4.69, 9.17) is 9.84 Å². The minimum Gasteiger partial charge on any atom is -0.478 e. The molecule has 7 nitrogen and oxygen atoms in total. The third kappa shape index (κ3) is 4.02. The van der Waals surface area contributed by atoms with E-state index in [1.807, 2.05) is 0 Å². The Morgan fingerprint density at radius 1 is 1.31 bits per heavy atom. The number of anilines is 1. The van der Waals surface area contributed by atoms with Crippen LogP contribution in [0.25, 0.3) is 5.69 Å². The number of carboxylic acid groups (broad SMARTS) is 1. The number of amides is 1. The lowest BCUT2D eigenvalue weighted by Crippen LogP contribution is -2.28. The Kier molecular flexibility index (Phi) is 5.66. The van der Waals surface area contributed by atoms with Gasteiger partial charge < -0.3 is 15.2 Å². The van der Waals surface area contributed by atoms with Gasteiger partial charge in [-0.05, 0) is 30.7 Å². The molecule has 2 N–H and O–H groups in total. The number of methoxy groups -OCH3 is 1. The van der Waals surface area contributed by atoms with E-state index in [9.17, 15) is 22.8 Å². The smallest absolute Gasteiger partial charge is 0.434 e. The number of hydrogen-bond donors (Lipinski definition) is 2. The predicted octanol–water partition coefficient (Wildman–Crippen LogP) is 2.95. The first-order valence-electron chi connectivity index (χ1n) is 7.51. The first kappa shape index (κ1) is 19.4. The molecule has 26 heavy (non-hydrogen) atoms. The van der Waals surface area contributed by atoms with E-state index in [1.165, 1.54) is 31.4 Å². The van der Waals surface area contributed by atoms with Crippen LogP contribution in [-0.4, -0.2) is 40.0 Å². The lowest BCUT2D eigenvalue weighted by atomic mass is 10.2. The first-order valence-corrected chi connectivity index (χ1v) is 7.51. The molecule has 0 fully saturated rings. The van der Waals surface area contributed by atoms with Gasteiger partial charge >= 0.3 is 12.1 Å². The summed E-state index contributed by atoms with van der Waals surface area (Å²) < 4.78 is 45.1. The molecule has 0 aliphatic carbocycles. The molecule has 1 aromatic heterocycles. The highest BCUT2D eigenvalue weighted by Gasteiger charge is 2.40. The third-order valence-electron chi connectivity index (χ3n) is 3.60. The van der Waals surface area contributed by atoms with Crippen molar-refractivity contribution in [2.75, 3.05) is 12.4 Å². The molecule has 0 spiro atoms. The number of carbonyl (C=O) groups is 2. The van der Waals surface area contributed by atoms with Crippen LogP contribution in [0.2, 0.25) is 0 Å². The van der Waals surface area contributed by atoms with E-state index >= 15 is 0 Å². The highest BCUT2D eigenvalue weighted by molar-refractivity contribution is 5.94. The summed E-state index contributed by atoms with van der Waals surface area (Å²) in [6.07, 6.45) is -4.44. The largest absolute Gasteiger partial charge is 0.478 e. The second-order valence-corrected chi connectivity index (χ2v) is 5.29. The summed E-state index contributed by atoms with van der Waals surface area (Å²) >= 11 is 0. The van der Waals surface area contributed by atoms with Gasteiger partial charge in [0, 0.05) is 12.8 Å². The van der Waals surface area contributed by atoms with Gasteiger partial charge in [0.15, 0.2) is 5.69 Å². The fourth-order valence-electron chi connectivity index (χ4n) is 2.34. The molecule has 1 amide bonds. The van der Waals surface area contributed by atoms with Gasteiger partial charge in [0.1, 0.15) is 11.7 Å². The second-order valence-electron chi connectivity index (χ2n) is 5.29. The van der Waals surface area contributed by atoms with Crippen molar-refractivity contribution in [2.45, 2.75) is 25.6 Å². The number of carbonyl (C=O) groups excluding carboxylic acids is 1. The molecule has 0 aliphatic heterocycles. The van der Waals surface area contributed by atoms with E-state index in [1.54, 1.807) is 6.92 Å². The average molecular weight is 371 g/mol. The van der Waals surface area contributed by atoms with Gasteiger partial charge in [0.25, 0.3) is 5.91 Å². The zero-order chi connectivity index (χ0) is 19.5. The Morgan fingerprint density at radius 2 is 1.92 bits per heavy atom. The lowest BCUT2D eigenvalue weighted by molar-refractivity contribution is -0.143. The van der Waals surface area contributed by atoms with Gasteiger partial charge in [-0.15, -0.1) is 0 Å². The van der Waals surface area contributed by atoms with Crippen LogP contribution in [-0.2, 0) is 15.7 Å². The summed E-state index contributed by atoms with van der Waals surface area (Å²) in [6.45, 7) is 1.77. The molecule has 2 aromatic rings. The maximum Gasteiger partial charge on any atom is 0.434 e. The molecular weight excluding hydrogens is 355 g/mol. The van der Waals surface area contributed by atoms with E-state index in [2.05, 4.69) is 10.4 Å². The first-order chi connectivity index (χ1) is 12.2. The molecule has 0 bridgehead atoms. The van der Waals surface area contributed by atoms with E-state index in [0.717, 1.165) is 0 Å². The number of aromatic carboxylic acids is 1. The SMILES string of the molecule is CCC(OC)C(=O)Nc1ccc(-n2ncc(C(=O)O)c2C(F)(F)F)cc1. The number of carboxylic acids is 1. The number of nitrogens with one attached hydrogen (secondary N) is 1. The number of rotatable bonds is 6. The Balaban J connectivity index is 2.32. The fraction of sp³-hybridized carbons (Fsp3) is 0.312. The number of aromatic nitrogens is 2. The second kappa shape index (κ2) is 7.56. The van der Waals surface area contributed by atoms with Crippen molar-refractivity contribution in [1.82, 2.24) is 9.78 Å². The van der Waals surface area contributed by atoms with Crippen LogP contribution in [0.3, 0.4) is 0 Å². The van der Waals surface area contributed by atoms with Crippen molar-refractivity contribution in [1.29, 1.82) is 0 Å². The van der Waals surface area contributed by atoms with Crippen LogP contribution >= 0.6 is 0 Å². The van der Waals surface area contributed by atoms with Gasteiger partial charge in [-0.2, -0.15) is 18.3 Å². The number of ether oxygens (including phenoxy) is 1. The van der Waals surface area contributed by atoms with Crippen LogP contribution in [0.4, 0.5) is 18.9 Å². The molecule has 140 valence electrons. The summed E-state index contributed by atoms with van der Waals surface area (Å²) in [5, 5.41) is 15.0. The molecular formula is C16H16F3N3O4. The van der Waals surface area contributed by atoms with Gasteiger partial charge in [0.05, 0.1) is 11.9 Å². The predicted molar refractivity (Wildman–Crippen MR) is 85.2 cm³/mol. The van der Waals surface area contributed by atoms with Crippen molar-refractivity contribution < 1.29 is 32.6 Å². The van der Waals surface area contributed by atoms with Gasteiger partial charge in [0.2, 0.25) is 0 Å². The summed E-state index contributed by atoms with van der Waals surface area (Å²) in [7, 11) is 1.40. The summed E-state index contributed by atoms with van der Waals surface area (Å²) in [4.78, 5) is 22.9. The average Bonchev–Trinajstić information content (AvgIpc) is 3.02. The Hall–Kier alpha value is -2.88. The molecule has 1 heterocycles. The maximum absolute atomic E-state index is 13.2.